The van der Waals surface area contributed by atoms with E-state index in [0.717, 1.165) is 51.9 Å². The highest BCUT2D eigenvalue weighted by Crippen LogP contribution is 2.42. The van der Waals surface area contributed by atoms with E-state index >= 15 is 0 Å². The molecular weight excluding hydrogens is 550 g/mol. The van der Waals surface area contributed by atoms with Crippen molar-refractivity contribution in [3.05, 3.63) is 101 Å². The summed E-state index contributed by atoms with van der Waals surface area (Å²) in [7, 11) is 0. The van der Waals surface area contributed by atoms with Gasteiger partial charge in [0.1, 0.15) is 0 Å². The van der Waals surface area contributed by atoms with Crippen molar-refractivity contribution in [1.82, 2.24) is 20.9 Å². The average Bonchev–Trinajstić information content (AvgIpc) is 3.06. The molecule has 0 spiro atoms. The zero-order valence-corrected chi connectivity index (χ0v) is 25.4. The number of carbonyl (C=O) groups is 3. The van der Waals surface area contributed by atoms with Crippen LogP contribution in [0.4, 0.5) is 5.69 Å². The number of anilines is 1. The Hall–Kier alpha value is -4.01. The second kappa shape index (κ2) is 13.7. The molecular formula is C36H43N5O3. The molecule has 4 N–H and O–H groups in total. The van der Waals surface area contributed by atoms with Crippen molar-refractivity contribution in [2.75, 3.05) is 25.0 Å². The van der Waals surface area contributed by atoms with Crippen LogP contribution in [0, 0.1) is 5.92 Å². The van der Waals surface area contributed by atoms with Gasteiger partial charge in [0.25, 0.3) is 5.91 Å². The second-order valence-corrected chi connectivity index (χ2v) is 12.4. The summed E-state index contributed by atoms with van der Waals surface area (Å²) in [6.07, 6.45) is 4.01. The smallest absolute Gasteiger partial charge is 0.251 e. The van der Waals surface area contributed by atoms with Crippen molar-refractivity contribution in [3.63, 3.8) is 0 Å². The summed E-state index contributed by atoms with van der Waals surface area (Å²) in [6, 6.07) is 27.2. The van der Waals surface area contributed by atoms with Gasteiger partial charge in [0, 0.05) is 67.9 Å². The number of hydrogen-bond donors (Lipinski definition) is 4. The number of amides is 3. The van der Waals surface area contributed by atoms with Crippen LogP contribution in [0.1, 0.15) is 78.0 Å². The quantitative estimate of drug-likeness (QED) is 0.302. The van der Waals surface area contributed by atoms with Gasteiger partial charge in [0.15, 0.2) is 0 Å². The van der Waals surface area contributed by atoms with E-state index in [2.05, 4.69) is 74.7 Å². The van der Waals surface area contributed by atoms with Crippen LogP contribution >= 0.6 is 0 Å². The van der Waals surface area contributed by atoms with E-state index in [4.69, 9.17) is 0 Å². The Morgan fingerprint density at radius 2 is 1.66 bits per heavy atom. The minimum absolute atomic E-state index is 0.0100. The van der Waals surface area contributed by atoms with Crippen LogP contribution < -0.4 is 21.3 Å². The first-order chi connectivity index (χ1) is 21.5. The molecule has 4 unspecified atom stereocenters. The maximum atomic E-state index is 12.9. The van der Waals surface area contributed by atoms with Crippen molar-refractivity contribution in [2.45, 2.75) is 69.6 Å². The first-order valence-electron chi connectivity index (χ1n) is 16.1. The zero-order chi connectivity index (χ0) is 30.5. The zero-order valence-electron chi connectivity index (χ0n) is 25.4. The molecule has 0 aromatic heterocycles. The molecule has 8 nitrogen and oxygen atoms in total. The molecule has 3 aromatic carbocycles. The number of hydrogen-bond acceptors (Lipinski definition) is 5. The lowest BCUT2D eigenvalue weighted by Crippen LogP contribution is -2.56. The summed E-state index contributed by atoms with van der Waals surface area (Å²) in [5, 5.41) is 12.9. The van der Waals surface area contributed by atoms with Crippen LogP contribution in [0.25, 0.3) is 0 Å². The number of likely N-dealkylation sites (tertiary alicyclic amines) is 1. The van der Waals surface area contributed by atoms with E-state index in [0.29, 0.717) is 17.7 Å². The monoisotopic (exact) mass is 593 g/mol. The summed E-state index contributed by atoms with van der Waals surface area (Å²) in [5.41, 5.74) is 5.03. The Kier molecular flexibility index (Phi) is 9.38. The molecule has 0 aliphatic carbocycles. The Morgan fingerprint density at radius 3 is 2.41 bits per heavy atom. The Labute approximate surface area is 260 Å². The number of piperidine rings is 3. The summed E-state index contributed by atoms with van der Waals surface area (Å²) in [5.74, 6) is 0.254. The average molecular weight is 594 g/mol. The second-order valence-electron chi connectivity index (χ2n) is 12.4. The number of fused-ring (bicyclic) bond motifs is 1. The number of nitrogens with one attached hydrogen (secondary N) is 4. The van der Waals surface area contributed by atoms with E-state index in [1.165, 1.54) is 16.7 Å². The fourth-order valence-corrected chi connectivity index (χ4v) is 7.03. The minimum Gasteiger partial charge on any atom is -0.356 e. The Balaban J connectivity index is 1.04. The van der Waals surface area contributed by atoms with E-state index < -0.39 is 0 Å². The predicted molar refractivity (Wildman–Crippen MR) is 172 cm³/mol. The predicted octanol–water partition coefficient (Wildman–Crippen LogP) is 4.75. The molecule has 3 fully saturated rings. The fourth-order valence-electron chi connectivity index (χ4n) is 7.03. The Bertz CT molecular complexity index is 1450. The van der Waals surface area contributed by atoms with Crippen LogP contribution in [0.2, 0.25) is 0 Å². The molecule has 0 radical (unpaired) electrons. The largest absolute Gasteiger partial charge is 0.356 e. The topological polar surface area (TPSA) is 103 Å². The summed E-state index contributed by atoms with van der Waals surface area (Å²) in [4.78, 5) is 39.8. The maximum Gasteiger partial charge on any atom is 0.251 e. The Morgan fingerprint density at radius 1 is 0.886 bits per heavy atom. The summed E-state index contributed by atoms with van der Waals surface area (Å²) >= 11 is 0. The van der Waals surface area contributed by atoms with E-state index in [1.807, 2.05) is 6.07 Å². The van der Waals surface area contributed by atoms with Crippen molar-refractivity contribution in [2.24, 2.45) is 5.92 Å². The van der Waals surface area contributed by atoms with Gasteiger partial charge in [-0.3, -0.25) is 19.3 Å². The van der Waals surface area contributed by atoms with Crippen molar-refractivity contribution in [3.8, 4) is 0 Å². The molecule has 0 saturated carbocycles. The van der Waals surface area contributed by atoms with E-state index in [1.54, 1.807) is 31.2 Å². The number of benzene rings is 3. The maximum absolute atomic E-state index is 12.9. The van der Waals surface area contributed by atoms with Crippen LogP contribution in [0.3, 0.4) is 0 Å². The third-order valence-electron chi connectivity index (χ3n) is 9.51. The third kappa shape index (κ3) is 7.03. The molecule has 3 saturated heterocycles. The van der Waals surface area contributed by atoms with Gasteiger partial charge in [0.2, 0.25) is 11.8 Å². The van der Waals surface area contributed by atoms with Crippen molar-refractivity contribution in [1.29, 1.82) is 0 Å². The van der Waals surface area contributed by atoms with Crippen molar-refractivity contribution < 1.29 is 14.4 Å². The molecule has 3 heterocycles. The molecule has 3 aromatic rings. The number of carbonyl (C=O) groups excluding carboxylic acids is 3. The normalized spacial score (nSPS) is 24.2. The molecule has 4 atom stereocenters. The highest BCUT2D eigenvalue weighted by Gasteiger charge is 2.42. The fraction of sp³-hybridized carbons (Fsp3) is 0.417. The first-order valence-corrected chi connectivity index (χ1v) is 16.1. The molecule has 3 amide bonds. The van der Waals surface area contributed by atoms with Gasteiger partial charge in [-0.15, -0.1) is 0 Å². The lowest BCUT2D eigenvalue weighted by molar-refractivity contribution is -0.129. The van der Waals surface area contributed by atoms with Gasteiger partial charge in [-0.2, -0.15) is 0 Å². The van der Waals surface area contributed by atoms with E-state index in [-0.39, 0.29) is 47.7 Å². The molecule has 3 aliphatic heterocycles. The third-order valence-corrected chi connectivity index (χ3v) is 9.51. The molecule has 44 heavy (non-hydrogen) atoms. The van der Waals surface area contributed by atoms with Gasteiger partial charge in [0.05, 0.1) is 5.92 Å². The highest BCUT2D eigenvalue weighted by atomic mass is 16.2. The van der Waals surface area contributed by atoms with Gasteiger partial charge in [-0.1, -0.05) is 67.6 Å². The van der Waals surface area contributed by atoms with Crippen LogP contribution in [0.15, 0.2) is 78.9 Å². The van der Waals surface area contributed by atoms with Crippen LogP contribution in [0.5, 0.6) is 0 Å². The van der Waals surface area contributed by atoms with E-state index in [9.17, 15) is 14.4 Å². The number of rotatable bonds is 8. The number of nitrogens with zero attached hydrogens (tertiary/aromatic N) is 1. The molecule has 230 valence electrons. The molecule has 8 heteroatoms. The standard InChI is InChI=1S/C36H43N5O3/c1-2-33(42)38-29-10-6-9-27(21-29)35(43)39-28-16-19-41(20-17-28)23-24-11-13-26(14-12-24)34-30(25-7-4-3-5-8-25)22-31-32(40-34)15-18-37-36(31)44/h3-14,21,28,30-32,34,40H,2,15-20,22-23H2,1H3,(H,37,44)(H,38,42)(H,39,43). The molecule has 6 rings (SSSR count). The SMILES string of the molecule is CCC(=O)Nc1cccc(C(=O)NC2CCN(Cc3ccc(C4NC5CCNC(=O)C5CC4c4ccccc4)cc3)CC2)c1. The van der Waals surface area contributed by atoms with Gasteiger partial charge >= 0.3 is 0 Å². The van der Waals surface area contributed by atoms with Gasteiger partial charge in [-0.05, 0) is 60.6 Å². The van der Waals surface area contributed by atoms with Gasteiger partial charge in [-0.25, -0.2) is 0 Å². The van der Waals surface area contributed by atoms with Gasteiger partial charge < -0.3 is 21.3 Å². The lowest BCUT2D eigenvalue weighted by atomic mass is 9.72. The van der Waals surface area contributed by atoms with Crippen molar-refractivity contribution >= 4 is 23.4 Å². The van der Waals surface area contributed by atoms with Crippen LogP contribution in [-0.4, -0.2) is 54.3 Å². The summed E-state index contributed by atoms with van der Waals surface area (Å²) < 4.78 is 0. The highest BCUT2D eigenvalue weighted by molar-refractivity contribution is 5.97. The van der Waals surface area contributed by atoms with Crippen LogP contribution in [-0.2, 0) is 16.1 Å². The summed E-state index contributed by atoms with van der Waals surface area (Å²) in [6.45, 7) is 5.26. The lowest BCUT2D eigenvalue weighted by Gasteiger charge is -2.44. The first kappa shape index (κ1) is 30.0. The molecule has 0 bridgehead atoms. The molecule has 3 aliphatic rings. The minimum atomic E-state index is -0.100.